The number of ketones is 1. The minimum absolute atomic E-state index is 0.0536. The number of hydrogen-bond donors (Lipinski definition) is 1. The molecule has 1 atom stereocenters. The van der Waals surface area contributed by atoms with E-state index in [0.29, 0.717) is 12.0 Å². The summed E-state index contributed by atoms with van der Waals surface area (Å²) in [6.07, 6.45) is -0.726. The summed E-state index contributed by atoms with van der Waals surface area (Å²) >= 11 is 12.1. The average Bonchev–Trinajstić information content (AvgIpc) is 2.38. The number of carboxylic acid groups (broad SMARTS) is 1. The van der Waals surface area contributed by atoms with Gasteiger partial charge in [0.15, 0.2) is 11.9 Å². The number of ether oxygens (including phenoxy) is 1. The molecule has 1 N–H and O–H groups in total. The van der Waals surface area contributed by atoms with Crippen molar-refractivity contribution in [2.24, 2.45) is 5.92 Å². The molecule has 110 valence electrons. The summed E-state index contributed by atoms with van der Waals surface area (Å²) in [5, 5.41) is 9.23. The Morgan fingerprint density at radius 1 is 1.25 bits per heavy atom. The number of aliphatic carboxylic acids is 1. The lowest BCUT2D eigenvalue weighted by Crippen LogP contribution is -2.32. The number of hydrogen-bond acceptors (Lipinski definition) is 3. The average molecular weight is 319 g/mol. The van der Waals surface area contributed by atoms with E-state index in [0.717, 1.165) is 0 Å². The van der Waals surface area contributed by atoms with Crippen LogP contribution in [-0.2, 0) is 4.79 Å². The summed E-state index contributed by atoms with van der Waals surface area (Å²) in [5.74, 6) is -1.30. The van der Waals surface area contributed by atoms with E-state index in [4.69, 9.17) is 33.0 Å². The molecule has 4 nitrogen and oxygen atoms in total. The Morgan fingerprint density at radius 3 is 2.30 bits per heavy atom. The van der Waals surface area contributed by atoms with Crippen LogP contribution in [0.4, 0.5) is 0 Å². The molecule has 0 aliphatic carbocycles. The monoisotopic (exact) mass is 318 g/mol. The predicted molar refractivity (Wildman–Crippen MR) is 78.0 cm³/mol. The fourth-order valence-corrected chi connectivity index (χ4v) is 2.11. The Bertz CT molecular complexity index is 526. The Balaban J connectivity index is 3.13. The van der Waals surface area contributed by atoms with Gasteiger partial charge in [-0.15, -0.1) is 0 Å². The van der Waals surface area contributed by atoms with Gasteiger partial charge in [0.2, 0.25) is 0 Å². The molecule has 20 heavy (non-hydrogen) atoms. The van der Waals surface area contributed by atoms with Gasteiger partial charge in [-0.1, -0.05) is 44.0 Å². The van der Waals surface area contributed by atoms with Gasteiger partial charge in [-0.2, -0.15) is 0 Å². The van der Waals surface area contributed by atoms with E-state index in [1.54, 1.807) is 20.8 Å². The molecule has 1 aromatic carbocycles. The first-order chi connectivity index (χ1) is 9.29. The van der Waals surface area contributed by atoms with Crippen LogP contribution in [0.15, 0.2) is 12.1 Å². The summed E-state index contributed by atoms with van der Waals surface area (Å²) in [6, 6.07) is 2.96. The van der Waals surface area contributed by atoms with Crippen LogP contribution >= 0.6 is 23.2 Å². The van der Waals surface area contributed by atoms with Crippen molar-refractivity contribution in [3.05, 3.63) is 27.7 Å². The van der Waals surface area contributed by atoms with Crippen LogP contribution in [0.2, 0.25) is 10.0 Å². The number of rotatable bonds is 6. The Labute approximate surface area is 127 Å². The van der Waals surface area contributed by atoms with Crippen LogP contribution in [-0.4, -0.2) is 23.0 Å². The zero-order valence-electron chi connectivity index (χ0n) is 11.4. The lowest BCUT2D eigenvalue weighted by atomic mass is 10.1. The number of carboxylic acids is 1. The van der Waals surface area contributed by atoms with Crippen molar-refractivity contribution in [1.29, 1.82) is 0 Å². The minimum atomic E-state index is -1.08. The van der Waals surface area contributed by atoms with Crippen molar-refractivity contribution in [2.75, 3.05) is 0 Å². The predicted octanol–water partition coefficient (Wildman–Crippen LogP) is 4.07. The second kappa shape index (κ2) is 6.95. The molecule has 0 spiro atoms. The maximum atomic E-state index is 11.7. The molecule has 0 aliphatic heterocycles. The molecule has 0 saturated carbocycles. The fraction of sp³-hybridized carbons (Fsp3) is 0.429. The van der Waals surface area contributed by atoms with Crippen molar-refractivity contribution < 1.29 is 19.4 Å². The van der Waals surface area contributed by atoms with E-state index in [9.17, 15) is 9.59 Å². The standard InChI is InChI=1S/C14H16Cl2O4/c1-4-9(17)8-5-6-10(12(16)11(8)15)20-13(7(2)3)14(18)19/h5-7,13H,4H2,1-3H3,(H,18,19). The van der Waals surface area contributed by atoms with Crippen LogP contribution in [0.1, 0.15) is 37.6 Å². The second-order valence-corrected chi connectivity index (χ2v) is 5.39. The van der Waals surface area contributed by atoms with Crippen molar-refractivity contribution in [3.63, 3.8) is 0 Å². The second-order valence-electron chi connectivity index (χ2n) is 4.64. The molecule has 0 aromatic heterocycles. The molecule has 0 bridgehead atoms. The Hall–Kier alpha value is -1.26. The van der Waals surface area contributed by atoms with Crippen LogP contribution in [0, 0.1) is 5.92 Å². The summed E-state index contributed by atoms with van der Waals surface area (Å²) in [4.78, 5) is 22.8. The van der Waals surface area contributed by atoms with Gasteiger partial charge >= 0.3 is 5.97 Å². The number of halogens is 2. The quantitative estimate of drug-likeness (QED) is 0.803. The molecular formula is C14H16Cl2O4. The van der Waals surface area contributed by atoms with Crippen molar-refractivity contribution in [3.8, 4) is 5.75 Å². The molecule has 0 heterocycles. The maximum absolute atomic E-state index is 11.7. The first-order valence-electron chi connectivity index (χ1n) is 6.20. The van der Waals surface area contributed by atoms with Gasteiger partial charge < -0.3 is 9.84 Å². The van der Waals surface area contributed by atoms with Gasteiger partial charge in [0.25, 0.3) is 0 Å². The Kier molecular flexibility index (Phi) is 5.84. The van der Waals surface area contributed by atoms with Gasteiger partial charge in [-0.05, 0) is 12.1 Å². The zero-order chi connectivity index (χ0) is 15.4. The lowest BCUT2D eigenvalue weighted by Gasteiger charge is -2.20. The number of carbonyl (C=O) groups is 2. The molecule has 0 radical (unpaired) electrons. The first kappa shape index (κ1) is 16.8. The molecule has 0 amide bonds. The number of carbonyl (C=O) groups excluding carboxylic acids is 1. The van der Waals surface area contributed by atoms with Crippen molar-refractivity contribution >= 4 is 35.0 Å². The highest BCUT2D eigenvalue weighted by atomic mass is 35.5. The van der Waals surface area contributed by atoms with E-state index in [1.165, 1.54) is 12.1 Å². The highest BCUT2D eigenvalue weighted by Gasteiger charge is 2.25. The largest absolute Gasteiger partial charge is 0.478 e. The van der Waals surface area contributed by atoms with E-state index in [2.05, 4.69) is 0 Å². The smallest absolute Gasteiger partial charge is 0.345 e. The van der Waals surface area contributed by atoms with Gasteiger partial charge in [-0.3, -0.25) is 4.79 Å². The maximum Gasteiger partial charge on any atom is 0.345 e. The molecular weight excluding hydrogens is 303 g/mol. The molecule has 1 aromatic rings. The van der Waals surface area contributed by atoms with Crippen LogP contribution < -0.4 is 4.74 Å². The lowest BCUT2D eigenvalue weighted by molar-refractivity contribution is -0.147. The summed E-state index contributed by atoms with van der Waals surface area (Å²) in [7, 11) is 0. The molecule has 0 fully saturated rings. The normalized spacial score (nSPS) is 12.3. The molecule has 6 heteroatoms. The summed E-state index contributed by atoms with van der Waals surface area (Å²) in [5.41, 5.74) is 0.308. The van der Waals surface area contributed by atoms with Crippen LogP contribution in [0.25, 0.3) is 0 Å². The van der Waals surface area contributed by atoms with Gasteiger partial charge in [-0.25, -0.2) is 4.79 Å². The highest BCUT2D eigenvalue weighted by molar-refractivity contribution is 6.44. The van der Waals surface area contributed by atoms with Crippen molar-refractivity contribution in [2.45, 2.75) is 33.3 Å². The summed E-state index contributed by atoms with van der Waals surface area (Å²) < 4.78 is 5.39. The summed E-state index contributed by atoms with van der Waals surface area (Å²) in [6.45, 7) is 5.17. The Morgan fingerprint density at radius 2 is 1.85 bits per heavy atom. The molecule has 0 saturated heterocycles. The molecule has 1 rings (SSSR count). The fourth-order valence-electron chi connectivity index (χ4n) is 1.64. The van der Waals surface area contributed by atoms with Gasteiger partial charge in [0, 0.05) is 17.9 Å². The SMILES string of the molecule is CCC(=O)c1ccc(OC(C(=O)O)C(C)C)c(Cl)c1Cl. The third-order valence-corrected chi connectivity index (χ3v) is 3.64. The third-order valence-electron chi connectivity index (χ3n) is 2.77. The number of Topliss-reactive ketones (excluding diaryl/α,β-unsaturated/α-hetero) is 1. The topological polar surface area (TPSA) is 63.6 Å². The highest BCUT2D eigenvalue weighted by Crippen LogP contribution is 2.36. The van der Waals surface area contributed by atoms with Crippen LogP contribution in [0.5, 0.6) is 5.75 Å². The van der Waals surface area contributed by atoms with Gasteiger partial charge in [0.05, 0.1) is 5.02 Å². The van der Waals surface area contributed by atoms with Gasteiger partial charge in [0.1, 0.15) is 10.8 Å². The van der Waals surface area contributed by atoms with E-state index < -0.39 is 12.1 Å². The number of benzene rings is 1. The molecule has 0 aliphatic rings. The third kappa shape index (κ3) is 3.64. The molecule has 1 unspecified atom stereocenters. The first-order valence-corrected chi connectivity index (χ1v) is 6.95. The van der Waals surface area contributed by atoms with E-state index in [-0.39, 0.29) is 27.5 Å². The zero-order valence-corrected chi connectivity index (χ0v) is 13.0. The van der Waals surface area contributed by atoms with E-state index >= 15 is 0 Å². The minimum Gasteiger partial charge on any atom is -0.478 e. The van der Waals surface area contributed by atoms with E-state index in [1.807, 2.05) is 0 Å². The van der Waals surface area contributed by atoms with Crippen molar-refractivity contribution in [1.82, 2.24) is 0 Å². The van der Waals surface area contributed by atoms with Crippen LogP contribution in [0.3, 0.4) is 0 Å².